The number of benzene rings is 1. The smallest absolute Gasteiger partial charge is 0.338 e. The van der Waals surface area contributed by atoms with E-state index < -0.39 is 5.97 Å². The van der Waals surface area contributed by atoms with E-state index in [1.807, 2.05) is 13.0 Å². The normalized spacial score (nSPS) is 10.7. The lowest BCUT2D eigenvalue weighted by atomic mass is 10.1. The van der Waals surface area contributed by atoms with Crippen molar-refractivity contribution in [3.8, 4) is 0 Å². The first-order chi connectivity index (χ1) is 9.88. The summed E-state index contributed by atoms with van der Waals surface area (Å²) < 4.78 is 0. The quantitative estimate of drug-likeness (QED) is 0.795. The van der Waals surface area contributed by atoms with Crippen LogP contribution in [0.3, 0.4) is 0 Å². The van der Waals surface area contributed by atoms with E-state index in [1.165, 1.54) is 11.8 Å². The van der Waals surface area contributed by atoms with E-state index in [9.17, 15) is 9.90 Å². The zero-order valence-corrected chi connectivity index (χ0v) is 13.8. The second kappa shape index (κ2) is 6.69. The third-order valence-corrected chi connectivity index (χ3v) is 4.52. The summed E-state index contributed by atoms with van der Waals surface area (Å²) >= 11 is 13.3. The molecule has 0 aliphatic rings. The highest BCUT2D eigenvalue weighted by atomic mass is 35.5. The summed E-state index contributed by atoms with van der Waals surface area (Å²) in [6.45, 7) is 3.62. The zero-order valence-electron chi connectivity index (χ0n) is 11.5. The minimum atomic E-state index is -0.968. The second-order valence-electron chi connectivity index (χ2n) is 4.59. The average molecular weight is 342 g/mol. The maximum Gasteiger partial charge on any atom is 0.338 e. The van der Waals surface area contributed by atoms with E-state index in [-0.39, 0.29) is 5.56 Å². The Balaban J connectivity index is 2.29. The van der Waals surface area contributed by atoms with Gasteiger partial charge in [0.2, 0.25) is 0 Å². The standard InChI is InChI=1S/C15H13Cl2NO2S/c1-8-5-9(2)18-14(13(8)15(19)20)21-7-10-3-4-11(16)6-12(10)17/h3-6H,7H2,1-2H3,(H,19,20). The molecule has 0 saturated heterocycles. The molecular formula is C15H13Cl2NO2S. The number of aromatic carboxylic acids is 1. The summed E-state index contributed by atoms with van der Waals surface area (Å²) in [6.07, 6.45) is 0. The molecule has 1 aromatic heterocycles. The zero-order chi connectivity index (χ0) is 15.6. The van der Waals surface area contributed by atoms with Crippen LogP contribution in [0.1, 0.15) is 27.2 Å². The predicted octanol–water partition coefficient (Wildman–Crippen LogP) is 5.00. The van der Waals surface area contributed by atoms with Gasteiger partial charge in [-0.2, -0.15) is 0 Å². The van der Waals surface area contributed by atoms with Gasteiger partial charge in [-0.1, -0.05) is 29.3 Å². The molecule has 1 heterocycles. The first kappa shape index (κ1) is 16.1. The van der Waals surface area contributed by atoms with Crippen LogP contribution in [0.2, 0.25) is 10.0 Å². The topological polar surface area (TPSA) is 50.2 Å². The number of carbonyl (C=O) groups is 1. The molecule has 21 heavy (non-hydrogen) atoms. The van der Waals surface area contributed by atoms with Crippen LogP contribution < -0.4 is 0 Å². The third-order valence-electron chi connectivity index (χ3n) is 2.90. The summed E-state index contributed by atoms with van der Waals surface area (Å²) in [4.78, 5) is 15.7. The lowest BCUT2D eigenvalue weighted by Crippen LogP contribution is -2.05. The van der Waals surface area contributed by atoms with E-state index >= 15 is 0 Å². The monoisotopic (exact) mass is 341 g/mol. The van der Waals surface area contributed by atoms with Crippen molar-refractivity contribution in [2.75, 3.05) is 0 Å². The minimum absolute atomic E-state index is 0.246. The van der Waals surface area contributed by atoms with Crippen LogP contribution in [0.4, 0.5) is 0 Å². The van der Waals surface area contributed by atoms with Crippen LogP contribution in [0, 0.1) is 13.8 Å². The van der Waals surface area contributed by atoms with E-state index in [0.717, 1.165) is 11.3 Å². The molecule has 0 saturated carbocycles. The van der Waals surface area contributed by atoms with Gasteiger partial charge in [-0.05, 0) is 43.2 Å². The fourth-order valence-electron chi connectivity index (χ4n) is 1.95. The summed E-state index contributed by atoms with van der Waals surface area (Å²) in [7, 11) is 0. The fraction of sp³-hybridized carbons (Fsp3) is 0.200. The maximum atomic E-state index is 11.4. The molecule has 1 aromatic carbocycles. The Morgan fingerprint density at radius 2 is 2.00 bits per heavy atom. The highest BCUT2D eigenvalue weighted by Crippen LogP contribution is 2.30. The molecule has 1 N–H and O–H groups in total. The van der Waals surface area contributed by atoms with Crippen molar-refractivity contribution in [3.63, 3.8) is 0 Å². The molecular weight excluding hydrogens is 329 g/mol. The molecule has 2 aromatic rings. The molecule has 0 radical (unpaired) electrons. The average Bonchev–Trinajstić information content (AvgIpc) is 2.36. The SMILES string of the molecule is Cc1cc(C)c(C(=O)O)c(SCc2ccc(Cl)cc2Cl)n1. The number of hydrogen-bond donors (Lipinski definition) is 1. The predicted molar refractivity (Wildman–Crippen MR) is 86.7 cm³/mol. The molecule has 3 nitrogen and oxygen atoms in total. The molecule has 6 heteroatoms. The van der Waals surface area contributed by atoms with Crippen molar-refractivity contribution < 1.29 is 9.90 Å². The van der Waals surface area contributed by atoms with Gasteiger partial charge in [-0.15, -0.1) is 11.8 Å². The highest BCUT2D eigenvalue weighted by Gasteiger charge is 2.16. The van der Waals surface area contributed by atoms with E-state index in [1.54, 1.807) is 25.1 Å². The number of carboxylic acid groups (broad SMARTS) is 1. The molecule has 0 amide bonds. The highest BCUT2D eigenvalue weighted by molar-refractivity contribution is 7.98. The van der Waals surface area contributed by atoms with Crippen LogP contribution in [-0.4, -0.2) is 16.1 Å². The van der Waals surface area contributed by atoms with Crippen molar-refractivity contribution in [1.82, 2.24) is 4.98 Å². The largest absolute Gasteiger partial charge is 0.478 e. The van der Waals surface area contributed by atoms with E-state index in [4.69, 9.17) is 23.2 Å². The van der Waals surface area contributed by atoms with Crippen LogP contribution in [0.15, 0.2) is 29.3 Å². The number of pyridine rings is 1. The van der Waals surface area contributed by atoms with Gasteiger partial charge in [0.05, 0.1) is 5.56 Å². The molecule has 0 bridgehead atoms. The Morgan fingerprint density at radius 1 is 1.29 bits per heavy atom. The number of nitrogens with zero attached hydrogens (tertiary/aromatic N) is 1. The van der Waals surface area contributed by atoms with Crippen molar-refractivity contribution >= 4 is 40.9 Å². The molecule has 2 rings (SSSR count). The summed E-state index contributed by atoms with van der Waals surface area (Å²) in [5.74, 6) is -0.434. The molecule has 0 aliphatic heterocycles. The Labute approximate surface area is 137 Å². The summed E-state index contributed by atoms with van der Waals surface area (Å²) in [6, 6.07) is 7.03. The Morgan fingerprint density at radius 3 is 2.62 bits per heavy atom. The van der Waals surface area contributed by atoms with Gasteiger partial charge in [0.15, 0.2) is 0 Å². The molecule has 0 unspecified atom stereocenters. The molecule has 0 fully saturated rings. The Kier molecular flexibility index (Phi) is 5.14. The number of thioether (sulfide) groups is 1. The molecule has 0 aliphatic carbocycles. The van der Waals surface area contributed by atoms with Gasteiger partial charge < -0.3 is 5.11 Å². The first-order valence-corrected chi connectivity index (χ1v) is 7.91. The van der Waals surface area contributed by atoms with Crippen molar-refractivity contribution in [2.45, 2.75) is 24.6 Å². The van der Waals surface area contributed by atoms with E-state index in [2.05, 4.69) is 4.98 Å². The van der Waals surface area contributed by atoms with E-state index in [0.29, 0.717) is 26.4 Å². The van der Waals surface area contributed by atoms with Crippen LogP contribution >= 0.6 is 35.0 Å². The Hall–Kier alpha value is -1.23. The number of halogens is 2. The number of rotatable bonds is 4. The van der Waals surface area contributed by atoms with Gasteiger partial charge in [0, 0.05) is 21.5 Å². The van der Waals surface area contributed by atoms with Crippen molar-refractivity contribution in [1.29, 1.82) is 0 Å². The summed E-state index contributed by atoms with van der Waals surface area (Å²) in [5, 5.41) is 11.0. The number of carboxylic acids is 1. The van der Waals surface area contributed by atoms with Crippen LogP contribution in [0.25, 0.3) is 0 Å². The molecule has 110 valence electrons. The molecule has 0 spiro atoms. The third kappa shape index (κ3) is 3.90. The fourth-order valence-corrected chi connectivity index (χ4v) is 3.65. The Bertz CT molecular complexity index is 704. The second-order valence-corrected chi connectivity index (χ2v) is 6.40. The van der Waals surface area contributed by atoms with Crippen molar-refractivity contribution in [3.05, 3.63) is 56.7 Å². The number of aromatic nitrogens is 1. The maximum absolute atomic E-state index is 11.4. The number of aryl methyl sites for hydroxylation is 2. The lowest BCUT2D eigenvalue weighted by molar-refractivity contribution is 0.0691. The molecule has 0 atom stereocenters. The summed E-state index contributed by atoms with van der Waals surface area (Å²) in [5.41, 5.74) is 2.64. The first-order valence-electron chi connectivity index (χ1n) is 6.16. The van der Waals surface area contributed by atoms with Gasteiger partial charge >= 0.3 is 5.97 Å². The minimum Gasteiger partial charge on any atom is -0.478 e. The lowest BCUT2D eigenvalue weighted by Gasteiger charge is -2.10. The van der Waals surface area contributed by atoms with Crippen LogP contribution in [-0.2, 0) is 5.75 Å². The number of hydrogen-bond acceptors (Lipinski definition) is 3. The van der Waals surface area contributed by atoms with Gasteiger partial charge in [-0.3, -0.25) is 0 Å². The van der Waals surface area contributed by atoms with Crippen molar-refractivity contribution in [2.24, 2.45) is 0 Å². The van der Waals surface area contributed by atoms with Gasteiger partial charge in [0.25, 0.3) is 0 Å². The van der Waals surface area contributed by atoms with Gasteiger partial charge in [0.1, 0.15) is 5.03 Å². The van der Waals surface area contributed by atoms with Crippen LogP contribution in [0.5, 0.6) is 0 Å². The van der Waals surface area contributed by atoms with Gasteiger partial charge in [-0.25, -0.2) is 9.78 Å².